The molecule has 0 fully saturated rings. The van der Waals surface area contributed by atoms with Crippen LogP contribution in [-0.2, 0) is 0 Å². The fourth-order valence-electron chi connectivity index (χ4n) is 0.797. The number of ether oxygens (including phenoxy) is 1. The summed E-state index contributed by atoms with van der Waals surface area (Å²) in [5.41, 5.74) is 1.35. The van der Waals surface area contributed by atoms with E-state index in [1.165, 1.54) is 7.11 Å². The van der Waals surface area contributed by atoms with E-state index in [0.717, 1.165) is 5.69 Å². The summed E-state index contributed by atoms with van der Waals surface area (Å²) in [6.45, 7) is 1.83. The van der Waals surface area contributed by atoms with Crippen molar-refractivity contribution >= 4 is 0 Å². The van der Waals surface area contributed by atoms with Gasteiger partial charge >= 0.3 is 0 Å². The standard InChI is InChI=1S/C8H8N2O/c1-6-3-7(4-9)8(11-2)5-10-6/h3,5H,1-2H3. The van der Waals surface area contributed by atoms with Gasteiger partial charge < -0.3 is 4.74 Å². The van der Waals surface area contributed by atoms with Crippen molar-refractivity contribution in [2.24, 2.45) is 0 Å². The zero-order chi connectivity index (χ0) is 8.27. The lowest BCUT2D eigenvalue weighted by Crippen LogP contribution is -1.90. The summed E-state index contributed by atoms with van der Waals surface area (Å²) >= 11 is 0. The first-order valence-corrected chi connectivity index (χ1v) is 3.18. The van der Waals surface area contributed by atoms with Crippen LogP contribution in [0.3, 0.4) is 0 Å². The predicted octanol–water partition coefficient (Wildman–Crippen LogP) is 1.27. The van der Waals surface area contributed by atoms with Crippen LogP contribution >= 0.6 is 0 Å². The van der Waals surface area contributed by atoms with Crippen LogP contribution in [0.4, 0.5) is 0 Å². The number of nitriles is 1. The Kier molecular flexibility index (Phi) is 2.07. The lowest BCUT2D eigenvalue weighted by atomic mass is 10.2. The van der Waals surface area contributed by atoms with E-state index < -0.39 is 0 Å². The van der Waals surface area contributed by atoms with Crippen LogP contribution in [0.2, 0.25) is 0 Å². The first kappa shape index (κ1) is 7.55. The third-order valence-corrected chi connectivity index (χ3v) is 1.34. The van der Waals surface area contributed by atoms with Crippen LogP contribution in [0.25, 0.3) is 0 Å². The summed E-state index contributed by atoms with van der Waals surface area (Å²) in [4.78, 5) is 3.98. The van der Waals surface area contributed by atoms with Gasteiger partial charge in [0.15, 0.2) is 5.75 Å². The van der Waals surface area contributed by atoms with Gasteiger partial charge in [-0.25, -0.2) is 0 Å². The Hall–Kier alpha value is -1.56. The van der Waals surface area contributed by atoms with Crippen molar-refractivity contribution in [1.29, 1.82) is 5.26 Å². The third-order valence-electron chi connectivity index (χ3n) is 1.34. The normalized spacial score (nSPS) is 8.82. The first-order valence-electron chi connectivity index (χ1n) is 3.18. The largest absolute Gasteiger partial charge is 0.494 e. The molecule has 0 N–H and O–H groups in total. The molecule has 1 aromatic rings. The zero-order valence-electron chi connectivity index (χ0n) is 6.46. The molecule has 0 bridgehead atoms. The molecule has 0 aliphatic rings. The molecule has 0 aromatic carbocycles. The monoisotopic (exact) mass is 148 g/mol. The van der Waals surface area contributed by atoms with E-state index in [2.05, 4.69) is 4.98 Å². The van der Waals surface area contributed by atoms with Gasteiger partial charge in [-0.1, -0.05) is 0 Å². The summed E-state index contributed by atoms with van der Waals surface area (Å²) in [6, 6.07) is 3.72. The Morgan fingerprint density at radius 3 is 2.91 bits per heavy atom. The molecule has 1 heterocycles. The van der Waals surface area contributed by atoms with Gasteiger partial charge in [-0.3, -0.25) is 4.98 Å². The second-order valence-electron chi connectivity index (χ2n) is 2.14. The summed E-state index contributed by atoms with van der Waals surface area (Å²) < 4.78 is 4.91. The van der Waals surface area contributed by atoms with Gasteiger partial charge in [-0.2, -0.15) is 5.26 Å². The Bertz CT molecular complexity index is 301. The van der Waals surface area contributed by atoms with E-state index in [9.17, 15) is 0 Å². The first-order chi connectivity index (χ1) is 5.27. The number of aromatic nitrogens is 1. The molecule has 1 aromatic heterocycles. The van der Waals surface area contributed by atoms with Crippen LogP contribution in [0, 0.1) is 18.3 Å². The maximum Gasteiger partial charge on any atom is 0.154 e. The van der Waals surface area contributed by atoms with Crippen LogP contribution < -0.4 is 4.74 Å². The average molecular weight is 148 g/mol. The number of hydrogen-bond donors (Lipinski definition) is 0. The zero-order valence-corrected chi connectivity index (χ0v) is 6.46. The second kappa shape index (κ2) is 3.02. The van der Waals surface area contributed by atoms with Crippen molar-refractivity contribution in [3.8, 4) is 11.8 Å². The molecule has 11 heavy (non-hydrogen) atoms. The molecule has 0 atom stereocenters. The number of pyridine rings is 1. The highest BCUT2D eigenvalue weighted by Crippen LogP contribution is 2.15. The van der Waals surface area contributed by atoms with E-state index in [1.807, 2.05) is 13.0 Å². The number of nitrogens with zero attached hydrogens (tertiary/aromatic N) is 2. The maximum absolute atomic E-state index is 8.62. The van der Waals surface area contributed by atoms with Gasteiger partial charge in [-0.15, -0.1) is 0 Å². The summed E-state index contributed by atoms with van der Waals surface area (Å²) in [6.07, 6.45) is 1.55. The van der Waals surface area contributed by atoms with E-state index in [1.54, 1.807) is 12.3 Å². The SMILES string of the molecule is COc1cnc(C)cc1C#N. The molecule has 0 saturated carbocycles. The number of rotatable bonds is 1. The third kappa shape index (κ3) is 1.47. The molecule has 1 rings (SSSR count). The summed E-state index contributed by atoms with van der Waals surface area (Å²) in [7, 11) is 1.52. The fraction of sp³-hybridized carbons (Fsp3) is 0.250. The highest BCUT2D eigenvalue weighted by atomic mass is 16.5. The quantitative estimate of drug-likeness (QED) is 0.602. The molecular formula is C8H8N2O. The van der Waals surface area contributed by atoms with Crippen molar-refractivity contribution < 1.29 is 4.74 Å². The molecule has 0 radical (unpaired) electrons. The van der Waals surface area contributed by atoms with Gasteiger partial charge in [0.25, 0.3) is 0 Å². The van der Waals surface area contributed by atoms with Crippen LogP contribution in [0.1, 0.15) is 11.3 Å². The van der Waals surface area contributed by atoms with E-state index in [0.29, 0.717) is 11.3 Å². The Morgan fingerprint density at radius 2 is 2.36 bits per heavy atom. The molecule has 0 unspecified atom stereocenters. The molecule has 0 spiro atoms. The number of methoxy groups -OCH3 is 1. The van der Waals surface area contributed by atoms with E-state index in [4.69, 9.17) is 10.00 Å². The Morgan fingerprint density at radius 1 is 1.64 bits per heavy atom. The molecule has 56 valence electrons. The molecule has 0 amide bonds. The molecule has 3 heteroatoms. The number of aryl methyl sites for hydroxylation is 1. The molecule has 3 nitrogen and oxygen atoms in total. The van der Waals surface area contributed by atoms with Gasteiger partial charge in [0.05, 0.1) is 18.9 Å². The van der Waals surface area contributed by atoms with Crippen molar-refractivity contribution in [1.82, 2.24) is 4.98 Å². The van der Waals surface area contributed by atoms with Crippen LogP contribution in [0.15, 0.2) is 12.3 Å². The smallest absolute Gasteiger partial charge is 0.154 e. The van der Waals surface area contributed by atoms with Gasteiger partial charge in [0.2, 0.25) is 0 Å². The minimum atomic E-state index is 0.526. The molecule has 0 saturated heterocycles. The van der Waals surface area contributed by atoms with E-state index >= 15 is 0 Å². The highest BCUT2D eigenvalue weighted by molar-refractivity contribution is 5.41. The summed E-state index contributed by atoms with van der Waals surface area (Å²) in [5, 5.41) is 8.62. The number of hydrogen-bond acceptors (Lipinski definition) is 3. The van der Waals surface area contributed by atoms with Crippen LogP contribution in [-0.4, -0.2) is 12.1 Å². The van der Waals surface area contributed by atoms with Gasteiger partial charge in [-0.05, 0) is 13.0 Å². The molecular weight excluding hydrogens is 140 g/mol. The molecule has 0 aliphatic heterocycles. The lowest BCUT2D eigenvalue weighted by molar-refractivity contribution is 0.411. The van der Waals surface area contributed by atoms with Crippen molar-refractivity contribution in [2.45, 2.75) is 6.92 Å². The Balaban J connectivity index is 3.19. The van der Waals surface area contributed by atoms with Crippen molar-refractivity contribution in [3.05, 3.63) is 23.5 Å². The predicted molar refractivity (Wildman–Crippen MR) is 40.2 cm³/mol. The second-order valence-corrected chi connectivity index (χ2v) is 2.14. The van der Waals surface area contributed by atoms with Crippen molar-refractivity contribution in [3.63, 3.8) is 0 Å². The summed E-state index contributed by atoms with van der Waals surface area (Å²) in [5.74, 6) is 0.526. The van der Waals surface area contributed by atoms with E-state index in [-0.39, 0.29) is 0 Å². The average Bonchev–Trinajstić information content (AvgIpc) is 2.04. The minimum absolute atomic E-state index is 0.526. The topological polar surface area (TPSA) is 45.9 Å². The minimum Gasteiger partial charge on any atom is -0.494 e. The fourth-order valence-corrected chi connectivity index (χ4v) is 0.797. The lowest BCUT2D eigenvalue weighted by Gasteiger charge is -2.00. The van der Waals surface area contributed by atoms with Gasteiger partial charge in [0.1, 0.15) is 6.07 Å². The van der Waals surface area contributed by atoms with Crippen LogP contribution in [0.5, 0.6) is 5.75 Å². The van der Waals surface area contributed by atoms with Crippen molar-refractivity contribution in [2.75, 3.05) is 7.11 Å². The Labute approximate surface area is 65.3 Å². The maximum atomic E-state index is 8.62. The van der Waals surface area contributed by atoms with Gasteiger partial charge in [0, 0.05) is 5.69 Å². The molecule has 0 aliphatic carbocycles. The highest BCUT2D eigenvalue weighted by Gasteiger charge is 2.00.